The van der Waals surface area contributed by atoms with Crippen LogP contribution in [0.1, 0.15) is 11.1 Å². The fraction of sp³-hybridized carbons (Fsp3) is 0.0323. The number of rotatable bonds is 7. The number of nitro benzene ring substituents is 2. The van der Waals surface area contributed by atoms with Crippen LogP contribution in [0.2, 0.25) is 0 Å². The Morgan fingerprint density at radius 3 is 1.67 bits per heavy atom. The molecule has 0 fully saturated rings. The summed E-state index contributed by atoms with van der Waals surface area (Å²) in [7, 11) is 1.53. The molecule has 6 rings (SSSR count). The van der Waals surface area contributed by atoms with E-state index in [0.717, 1.165) is 23.1 Å². The molecule has 0 spiro atoms. The van der Waals surface area contributed by atoms with Crippen LogP contribution >= 0.6 is 0 Å². The van der Waals surface area contributed by atoms with Crippen molar-refractivity contribution < 1.29 is 24.2 Å². The van der Waals surface area contributed by atoms with Crippen LogP contribution in [0.3, 0.4) is 0 Å². The quantitative estimate of drug-likeness (QED) is 0.208. The molecule has 0 unspecified atom stereocenters. The molecule has 0 atom stereocenters. The van der Waals surface area contributed by atoms with Gasteiger partial charge in [0, 0.05) is 11.8 Å². The van der Waals surface area contributed by atoms with Crippen LogP contribution in [0.25, 0.3) is 11.4 Å². The summed E-state index contributed by atoms with van der Waals surface area (Å²) in [6.07, 6.45) is 0. The minimum atomic E-state index is -0.783. The molecule has 11 nitrogen and oxygen atoms in total. The highest BCUT2D eigenvalue weighted by atomic mass is 16.6. The van der Waals surface area contributed by atoms with Gasteiger partial charge in [0.25, 0.3) is 23.2 Å². The lowest BCUT2D eigenvalue weighted by atomic mass is 10.0. The number of benzene rings is 4. The van der Waals surface area contributed by atoms with Crippen molar-refractivity contribution in [2.75, 3.05) is 16.9 Å². The molecule has 2 heterocycles. The number of non-ortho nitro benzene ring substituents is 1. The van der Waals surface area contributed by atoms with Gasteiger partial charge in [0.15, 0.2) is 0 Å². The van der Waals surface area contributed by atoms with Gasteiger partial charge in [-0.1, -0.05) is 60.7 Å². The zero-order valence-corrected chi connectivity index (χ0v) is 22.0. The second-order valence-electron chi connectivity index (χ2n) is 9.35. The van der Waals surface area contributed by atoms with E-state index in [9.17, 15) is 29.8 Å². The second-order valence-corrected chi connectivity index (χ2v) is 9.35. The molecular weight excluding hydrogens is 540 g/mol. The second kappa shape index (κ2) is 10.1. The summed E-state index contributed by atoms with van der Waals surface area (Å²) in [4.78, 5) is 53.4. The van der Waals surface area contributed by atoms with Gasteiger partial charge in [-0.15, -0.1) is 0 Å². The van der Waals surface area contributed by atoms with Crippen molar-refractivity contribution in [3.8, 4) is 5.75 Å². The van der Waals surface area contributed by atoms with Gasteiger partial charge in [0.05, 0.1) is 45.6 Å². The molecule has 0 bridgehead atoms. The van der Waals surface area contributed by atoms with Crippen molar-refractivity contribution in [3.05, 3.63) is 146 Å². The largest absolute Gasteiger partial charge is 0.497 e. The summed E-state index contributed by atoms with van der Waals surface area (Å²) in [5, 5.41) is 23.5. The van der Waals surface area contributed by atoms with E-state index in [-0.39, 0.29) is 22.5 Å². The first-order valence-corrected chi connectivity index (χ1v) is 12.7. The Morgan fingerprint density at radius 1 is 0.643 bits per heavy atom. The maximum Gasteiger partial charge on any atom is 0.300 e. The highest BCUT2D eigenvalue weighted by molar-refractivity contribution is 6.41. The smallest absolute Gasteiger partial charge is 0.300 e. The summed E-state index contributed by atoms with van der Waals surface area (Å²) < 4.78 is 5.27. The van der Waals surface area contributed by atoms with Crippen molar-refractivity contribution in [1.29, 1.82) is 0 Å². The number of anilines is 2. The third-order valence-electron chi connectivity index (χ3n) is 7.04. The molecule has 42 heavy (non-hydrogen) atoms. The summed E-state index contributed by atoms with van der Waals surface area (Å²) in [6.45, 7) is 0. The number of carbonyl (C=O) groups excluding carboxylic acids is 2. The minimum Gasteiger partial charge on any atom is -0.497 e. The van der Waals surface area contributed by atoms with Crippen LogP contribution in [0.5, 0.6) is 5.75 Å². The number of fused-ring (bicyclic) bond motifs is 1. The van der Waals surface area contributed by atoms with Gasteiger partial charge in [0.2, 0.25) is 0 Å². The third-order valence-corrected chi connectivity index (χ3v) is 7.04. The summed E-state index contributed by atoms with van der Waals surface area (Å²) in [6, 6.07) is 27.3. The number of hydrogen-bond acceptors (Lipinski definition) is 7. The molecule has 4 aromatic rings. The fourth-order valence-electron chi connectivity index (χ4n) is 5.21. The van der Waals surface area contributed by atoms with E-state index in [1.807, 2.05) is 0 Å². The van der Waals surface area contributed by atoms with Crippen LogP contribution in [0, 0.1) is 20.2 Å². The van der Waals surface area contributed by atoms with Crippen molar-refractivity contribution >= 4 is 46.0 Å². The lowest BCUT2D eigenvalue weighted by molar-refractivity contribution is -0.393. The summed E-state index contributed by atoms with van der Waals surface area (Å²) >= 11 is 0. The van der Waals surface area contributed by atoms with E-state index in [2.05, 4.69) is 0 Å². The highest BCUT2D eigenvalue weighted by Gasteiger charge is 2.51. The van der Waals surface area contributed by atoms with Gasteiger partial charge >= 0.3 is 0 Å². The first-order chi connectivity index (χ1) is 20.3. The highest BCUT2D eigenvalue weighted by Crippen LogP contribution is 2.51. The molecule has 0 N–H and O–H groups in total. The molecule has 0 aromatic heterocycles. The predicted octanol–water partition coefficient (Wildman–Crippen LogP) is 5.73. The molecule has 0 saturated carbocycles. The van der Waals surface area contributed by atoms with Gasteiger partial charge < -0.3 is 4.74 Å². The van der Waals surface area contributed by atoms with E-state index in [1.165, 1.54) is 12.0 Å². The maximum absolute atomic E-state index is 14.4. The van der Waals surface area contributed by atoms with Crippen molar-refractivity contribution in [2.45, 2.75) is 0 Å². The number of amides is 2. The lowest BCUT2D eigenvalue weighted by Gasteiger charge is -2.25. The molecule has 0 saturated heterocycles. The van der Waals surface area contributed by atoms with Crippen LogP contribution in [0.15, 0.2) is 114 Å². The van der Waals surface area contributed by atoms with Gasteiger partial charge in [-0.05, 0) is 41.5 Å². The molecular formula is C31H20N4O7. The number of methoxy groups -OCH3 is 1. The Kier molecular flexibility index (Phi) is 6.31. The molecule has 4 aromatic carbocycles. The molecule has 0 radical (unpaired) electrons. The predicted molar refractivity (Wildman–Crippen MR) is 154 cm³/mol. The van der Waals surface area contributed by atoms with Crippen molar-refractivity contribution in [2.24, 2.45) is 0 Å². The average molecular weight is 561 g/mol. The molecule has 0 aliphatic carbocycles. The van der Waals surface area contributed by atoms with E-state index >= 15 is 0 Å². The topological polar surface area (TPSA) is 136 Å². The number of carbonyl (C=O) groups is 2. The van der Waals surface area contributed by atoms with E-state index in [0.29, 0.717) is 28.3 Å². The van der Waals surface area contributed by atoms with Gasteiger partial charge in [-0.3, -0.25) is 39.6 Å². The Bertz CT molecular complexity index is 1850. The monoisotopic (exact) mass is 560 g/mol. The van der Waals surface area contributed by atoms with Crippen LogP contribution in [-0.4, -0.2) is 28.8 Å². The van der Waals surface area contributed by atoms with E-state index in [1.54, 1.807) is 84.9 Å². The zero-order valence-electron chi connectivity index (χ0n) is 22.0. The summed E-state index contributed by atoms with van der Waals surface area (Å²) in [5.41, 5.74) is 0.760. The Hall–Kier alpha value is -6.10. The van der Waals surface area contributed by atoms with Crippen molar-refractivity contribution in [1.82, 2.24) is 0 Å². The lowest BCUT2D eigenvalue weighted by Crippen LogP contribution is -2.30. The van der Waals surface area contributed by atoms with Crippen LogP contribution in [-0.2, 0) is 9.59 Å². The number of nitro groups is 2. The fourth-order valence-corrected chi connectivity index (χ4v) is 5.21. The molecule has 2 aliphatic rings. The zero-order chi connectivity index (χ0) is 29.5. The number of nitrogens with zero attached hydrogens (tertiary/aromatic N) is 4. The van der Waals surface area contributed by atoms with Gasteiger partial charge in [0.1, 0.15) is 11.4 Å². The third kappa shape index (κ3) is 4.07. The molecule has 2 aliphatic heterocycles. The normalized spacial score (nSPS) is 14.5. The number of ether oxygens (including phenoxy) is 1. The molecule has 11 heteroatoms. The van der Waals surface area contributed by atoms with Gasteiger partial charge in [-0.2, -0.15) is 0 Å². The minimum absolute atomic E-state index is 0.0634. The Morgan fingerprint density at radius 2 is 1.17 bits per heavy atom. The Labute approximate surface area is 238 Å². The SMILES string of the molecule is COc1ccc(N2C(=O)C3=C(c4ccccc4)N(c4ccc([N+](=O)[O-])cc4[N+](=O)[O-])C(=O)C3=C2c2ccccc2)cc1. The molecule has 2 amide bonds. The van der Waals surface area contributed by atoms with Gasteiger partial charge in [-0.25, -0.2) is 0 Å². The number of hydrogen-bond donors (Lipinski definition) is 0. The van der Waals surface area contributed by atoms with Crippen LogP contribution in [0.4, 0.5) is 22.7 Å². The van der Waals surface area contributed by atoms with E-state index in [4.69, 9.17) is 4.74 Å². The summed E-state index contributed by atoms with van der Waals surface area (Å²) in [5.74, 6) is -0.603. The van der Waals surface area contributed by atoms with Crippen molar-refractivity contribution in [3.63, 3.8) is 0 Å². The molecule has 206 valence electrons. The first kappa shape index (κ1) is 26.1. The van der Waals surface area contributed by atoms with Crippen LogP contribution < -0.4 is 14.5 Å². The first-order valence-electron chi connectivity index (χ1n) is 12.7. The maximum atomic E-state index is 14.4. The Balaban J connectivity index is 1.66. The standard InChI is InChI=1S/C31H20N4O7/c1-42-23-15-12-21(13-16-23)32-28(19-8-4-2-5-9-19)26-27(30(32)36)29(20-10-6-3-7-11-20)33(31(26)37)24-17-14-22(34(38)39)18-25(24)35(40)41/h2-18H,1H3. The van der Waals surface area contributed by atoms with E-state index < -0.39 is 33.0 Å². The average Bonchev–Trinajstić information content (AvgIpc) is 3.48.